The van der Waals surface area contributed by atoms with Crippen LogP contribution in [0.1, 0.15) is 27.6 Å². The van der Waals surface area contributed by atoms with Crippen LogP contribution in [0.3, 0.4) is 0 Å². The number of thiophene rings is 1. The largest absolute Gasteiger partial charge is 0.354 e. The van der Waals surface area contributed by atoms with Crippen molar-refractivity contribution in [1.82, 2.24) is 24.9 Å². The molecule has 0 aliphatic carbocycles. The fraction of sp³-hybridized carbons (Fsp3) is 0.556. The van der Waals surface area contributed by atoms with Crippen LogP contribution in [-0.2, 0) is 31.0 Å². The molecule has 0 bridgehead atoms. The zero-order valence-corrected chi connectivity index (χ0v) is 15.5. The predicted molar refractivity (Wildman–Crippen MR) is 98.3 cm³/mol. The summed E-state index contributed by atoms with van der Waals surface area (Å²) < 4.78 is 2.17. The van der Waals surface area contributed by atoms with Gasteiger partial charge in [0.25, 0.3) is 0 Å². The molecule has 1 saturated heterocycles. The van der Waals surface area contributed by atoms with Crippen molar-refractivity contribution in [3.63, 3.8) is 0 Å². The fourth-order valence-corrected chi connectivity index (χ4v) is 4.58. The van der Waals surface area contributed by atoms with Crippen molar-refractivity contribution in [3.05, 3.63) is 39.3 Å². The average Bonchev–Trinajstić information content (AvgIpc) is 3.08. The van der Waals surface area contributed by atoms with Gasteiger partial charge in [-0.3, -0.25) is 19.3 Å². The Kier molecular flexibility index (Phi) is 4.87. The van der Waals surface area contributed by atoms with E-state index in [1.54, 1.807) is 0 Å². The van der Waals surface area contributed by atoms with Crippen molar-refractivity contribution in [3.8, 4) is 0 Å². The lowest BCUT2D eigenvalue weighted by atomic mass is 10.3. The summed E-state index contributed by atoms with van der Waals surface area (Å²) >= 11 is 1.89. The van der Waals surface area contributed by atoms with Crippen molar-refractivity contribution < 1.29 is 4.79 Å². The lowest BCUT2D eigenvalue weighted by Gasteiger charge is -2.25. The number of piperazine rings is 1. The minimum atomic E-state index is 0.115. The van der Waals surface area contributed by atoms with Gasteiger partial charge in [0.2, 0.25) is 5.91 Å². The molecule has 4 heterocycles. The third kappa shape index (κ3) is 4.11. The number of amides is 1. The van der Waals surface area contributed by atoms with E-state index in [4.69, 9.17) is 5.10 Å². The molecule has 0 aromatic carbocycles. The minimum absolute atomic E-state index is 0.115. The first-order valence-corrected chi connectivity index (χ1v) is 9.80. The second kappa shape index (κ2) is 7.27. The van der Waals surface area contributed by atoms with E-state index in [9.17, 15) is 4.79 Å². The molecule has 0 radical (unpaired) electrons. The van der Waals surface area contributed by atoms with Crippen molar-refractivity contribution in [2.75, 3.05) is 26.2 Å². The molecule has 2 aliphatic rings. The lowest BCUT2D eigenvalue weighted by Crippen LogP contribution is -2.47. The van der Waals surface area contributed by atoms with Gasteiger partial charge in [-0.05, 0) is 31.5 Å². The van der Waals surface area contributed by atoms with Crippen LogP contribution in [0.5, 0.6) is 0 Å². The van der Waals surface area contributed by atoms with Crippen molar-refractivity contribution >= 4 is 17.2 Å². The average molecular weight is 359 g/mol. The number of fused-ring (bicyclic) bond motifs is 1. The lowest BCUT2D eigenvalue weighted by molar-refractivity contribution is -0.124. The Morgan fingerprint density at radius 1 is 1.16 bits per heavy atom. The Morgan fingerprint density at radius 2 is 2.04 bits per heavy atom. The van der Waals surface area contributed by atoms with Gasteiger partial charge in [0, 0.05) is 55.6 Å². The van der Waals surface area contributed by atoms with Gasteiger partial charge in [-0.25, -0.2) is 0 Å². The summed E-state index contributed by atoms with van der Waals surface area (Å²) in [7, 11) is 0. The SMILES string of the molecule is Cc1ccc(CN2CCCn3nc(CN4CCNC(=O)C4)cc3C2)s1. The van der Waals surface area contributed by atoms with Crippen LogP contribution in [0.15, 0.2) is 18.2 Å². The summed E-state index contributed by atoms with van der Waals surface area (Å²) in [5.41, 5.74) is 2.38. The zero-order chi connectivity index (χ0) is 17.2. The van der Waals surface area contributed by atoms with E-state index in [1.807, 2.05) is 11.3 Å². The highest BCUT2D eigenvalue weighted by atomic mass is 32.1. The Hall–Kier alpha value is -1.70. The maximum atomic E-state index is 11.5. The van der Waals surface area contributed by atoms with Crippen LogP contribution in [-0.4, -0.2) is 51.7 Å². The number of aryl methyl sites for hydroxylation is 2. The molecule has 1 amide bonds. The Morgan fingerprint density at radius 3 is 2.84 bits per heavy atom. The molecule has 6 nitrogen and oxygen atoms in total. The van der Waals surface area contributed by atoms with Crippen LogP contribution in [0, 0.1) is 6.92 Å². The molecule has 4 rings (SSSR count). The molecule has 7 heteroatoms. The Labute approximate surface area is 152 Å². The summed E-state index contributed by atoms with van der Waals surface area (Å²) in [6.45, 7) is 9.11. The highest BCUT2D eigenvalue weighted by Crippen LogP contribution is 2.21. The first-order chi connectivity index (χ1) is 12.2. The molecule has 0 spiro atoms. The number of hydrogen-bond donors (Lipinski definition) is 1. The van der Waals surface area contributed by atoms with Crippen LogP contribution >= 0.6 is 11.3 Å². The minimum Gasteiger partial charge on any atom is -0.354 e. The topological polar surface area (TPSA) is 53.4 Å². The standard InChI is InChI=1S/C18H25N5OS/c1-14-3-4-17(25-14)12-21-6-2-7-23-16(11-21)9-15(20-23)10-22-8-5-19-18(24)13-22/h3-4,9H,2,5-8,10-13H2,1H3,(H,19,24). The fourth-order valence-electron chi connectivity index (χ4n) is 3.65. The summed E-state index contributed by atoms with van der Waals surface area (Å²) in [4.78, 5) is 19.0. The van der Waals surface area contributed by atoms with Gasteiger partial charge in [0.05, 0.1) is 17.9 Å². The number of carbonyl (C=O) groups is 1. The summed E-state index contributed by atoms with van der Waals surface area (Å²) in [5, 5.41) is 7.67. The molecule has 0 saturated carbocycles. The zero-order valence-electron chi connectivity index (χ0n) is 14.7. The molecule has 2 aliphatic heterocycles. The quantitative estimate of drug-likeness (QED) is 0.901. The smallest absolute Gasteiger partial charge is 0.234 e. The van der Waals surface area contributed by atoms with Crippen LogP contribution < -0.4 is 5.32 Å². The van der Waals surface area contributed by atoms with E-state index < -0.39 is 0 Å². The Bertz CT molecular complexity index is 752. The van der Waals surface area contributed by atoms with Gasteiger partial charge in [-0.1, -0.05) is 0 Å². The van der Waals surface area contributed by atoms with Crippen molar-refractivity contribution in [1.29, 1.82) is 0 Å². The second-order valence-corrected chi connectivity index (χ2v) is 8.36. The van der Waals surface area contributed by atoms with E-state index in [2.05, 4.69) is 44.9 Å². The molecule has 25 heavy (non-hydrogen) atoms. The first kappa shape index (κ1) is 16.8. The molecule has 2 aromatic heterocycles. The third-order valence-electron chi connectivity index (χ3n) is 4.82. The highest BCUT2D eigenvalue weighted by molar-refractivity contribution is 7.11. The van der Waals surface area contributed by atoms with E-state index in [-0.39, 0.29) is 5.91 Å². The predicted octanol–water partition coefficient (Wildman–Crippen LogP) is 1.59. The van der Waals surface area contributed by atoms with Crippen molar-refractivity contribution in [2.45, 2.75) is 39.5 Å². The highest BCUT2D eigenvalue weighted by Gasteiger charge is 2.20. The van der Waals surface area contributed by atoms with Gasteiger partial charge in [0.15, 0.2) is 0 Å². The van der Waals surface area contributed by atoms with E-state index in [1.165, 1.54) is 15.4 Å². The van der Waals surface area contributed by atoms with Gasteiger partial charge < -0.3 is 5.32 Å². The molecule has 134 valence electrons. The van der Waals surface area contributed by atoms with Gasteiger partial charge in [-0.2, -0.15) is 5.10 Å². The van der Waals surface area contributed by atoms with Gasteiger partial charge in [0.1, 0.15) is 0 Å². The number of hydrogen-bond acceptors (Lipinski definition) is 5. The summed E-state index contributed by atoms with van der Waals surface area (Å²) in [5.74, 6) is 0.115. The summed E-state index contributed by atoms with van der Waals surface area (Å²) in [6.07, 6.45) is 1.13. The molecule has 1 fully saturated rings. The van der Waals surface area contributed by atoms with E-state index in [0.29, 0.717) is 6.54 Å². The number of nitrogens with zero attached hydrogens (tertiary/aromatic N) is 4. The maximum absolute atomic E-state index is 11.5. The normalized spacial score (nSPS) is 19.5. The number of nitrogens with one attached hydrogen (secondary N) is 1. The van der Waals surface area contributed by atoms with Crippen LogP contribution in [0.4, 0.5) is 0 Å². The van der Waals surface area contributed by atoms with Crippen LogP contribution in [0.25, 0.3) is 0 Å². The third-order valence-corrected chi connectivity index (χ3v) is 5.81. The summed E-state index contributed by atoms with van der Waals surface area (Å²) in [6, 6.07) is 6.68. The maximum Gasteiger partial charge on any atom is 0.234 e. The number of aromatic nitrogens is 2. The number of carbonyl (C=O) groups excluding carboxylic acids is 1. The van der Waals surface area contributed by atoms with E-state index >= 15 is 0 Å². The monoisotopic (exact) mass is 359 g/mol. The molecule has 0 atom stereocenters. The first-order valence-electron chi connectivity index (χ1n) is 8.98. The molecule has 0 unspecified atom stereocenters. The molecule has 1 N–H and O–H groups in total. The second-order valence-electron chi connectivity index (χ2n) is 6.99. The van der Waals surface area contributed by atoms with Crippen molar-refractivity contribution in [2.24, 2.45) is 0 Å². The van der Waals surface area contributed by atoms with Gasteiger partial charge >= 0.3 is 0 Å². The molecular formula is C18H25N5OS. The van der Waals surface area contributed by atoms with E-state index in [0.717, 1.165) is 57.9 Å². The number of rotatable bonds is 4. The molecule has 2 aromatic rings. The Balaban J connectivity index is 1.42. The van der Waals surface area contributed by atoms with Gasteiger partial charge in [-0.15, -0.1) is 11.3 Å². The molecular weight excluding hydrogens is 334 g/mol. The van der Waals surface area contributed by atoms with Crippen LogP contribution in [0.2, 0.25) is 0 Å².